The molecule has 0 bridgehead atoms. The molecule has 0 N–H and O–H groups in total. The number of carbonyl (C=O) groups is 2. The summed E-state index contributed by atoms with van der Waals surface area (Å²) in [7, 11) is 0. The van der Waals surface area contributed by atoms with Crippen molar-refractivity contribution in [2.45, 2.75) is 45.3 Å². The van der Waals surface area contributed by atoms with Crippen molar-refractivity contribution < 1.29 is 14.3 Å². The standard InChI is InChI=1S/C19H24N2O3/c1-12-4-3-5-13(2)18(12)24-16-10-20(11-16)19(23)14-8-17(22)21(9-14)15-6-7-15/h3-5,14-16H,6-11H2,1-2H3/t14-/m1/s1. The maximum absolute atomic E-state index is 12.6. The van der Waals surface area contributed by atoms with Crippen molar-refractivity contribution in [1.82, 2.24) is 9.80 Å². The maximum atomic E-state index is 12.6. The van der Waals surface area contributed by atoms with Crippen molar-refractivity contribution in [3.05, 3.63) is 29.3 Å². The molecule has 0 spiro atoms. The minimum atomic E-state index is -0.153. The van der Waals surface area contributed by atoms with E-state index in [2.05, 4.69) is 0 Å². The van der Waals surface area contributed by atoms with Crippen LogP contribution in [0.3, 0.4) is 0 Å². The quantitative estimate of drug-likeness (QED) is 0.848. The lowest BCUT2D eigenvalue weighted by molar-refractivity contribution is -0.144. The Morgan fingerprint density at radius 2 is 1.79 bits per heavy atom. The van der Waals surface area contributed by atoms with Gasteiger partial charge in [-0.05, 0) is 37.8 Å². The Kier molecular flexibility index (Phi) is 3.74. The van der Waals surface area contributed by atoms with E-state index in [1.807, 2.05) is 41.8 Å². The van der Waals surface area contributed by atoms with E-state index in [4.69, 9.17) is 4.74 Å². The van der Waals surface area contributed by atoms with Crippen LogP contribution >= 0.6 is 0 Å². The lowest BCUT2D eigenvalue weighted by atomic mass is 10.0. The van der Waals surface area contributed by atoms with Crippen LogP contribution in [0.5, 0.6) is 5.75 Å². The monoisotopic (exact) mass is 328 g/mol. The third-order valence-corrected chi connectivity index (χ3v) is 5.35. The van der Waals surface area contributed by atoms with E-state index in [-0.39, 0.29) is 23.8 Å². The summed E-state index contributed by atoms with van der Waals surface area (Å²) in [5, 5.41) is 0. The van der Waals surface area contributed by atoms with Crippen LogP contribution in [-0.2, 0) is 9.59 Å². The Hall–Kier alpha value is -2.04. The van der Waals surface area contributed by atoms with Crippen LogP contribution in [0.15, 0.2) is 18.2 Å². The molecule has 0 aromatic heterocycles. The third kappa shape index (κ3) is 2.76. The predicted octanol–water partition coefficient (Wildman–Crippen LogP) is 1.90. The first-order valence-electron chi connectivity index (χ1n) is 8.84. The van der Waals surface area contributed by atoms with E-state index in [0.717, 1.165) is 29.7 Å². The van der Waals surface area contributed by atoms with Gasteiger partial charge in [0.15, 0.2) is 0 Å². The Labute approximate surface area is 142 Å². The molecule has 3 aliphatic rings. The van der Waals surface area contributed by atoms with Crippen molar-refractivity contribution in [3.63, 3.8) is 0 Å². The second-order valence-corrected chi connectivity index (χ2v) is 7.38. The number of aryl methyl sites for hydroxylation is 2. The minimum absolute atomic E-state index is 0.0605. The summed E-state index contributed by atoms with van der Waals surface area (Å²) in [5.41, 5.74) is 2.25. The first-order chi connectivity index (χ1) is 11.5. The van der Waals surface area contributed by atoms with E-state index in [9.17, 15) is 9.59 Å². The summed E-state index contributed by atoms with van der Waals surface area (Å²) < 4.78 is 6.07. The van der Waals surface area contributed by atoms with Crippen molar-refractivity contribution in [2.24, 2.45) is 5.92 Å². The number of rotatable bonds is 4. The zero-order chi connectivity index (χ0) is 16.8. The van der Waals surface area contributed by atoms with Crippen molar-refractivity contribution >= 4 is 11.8 Å². The zero-order valence-corrected chi connectivity index (χ0v) is 14.3. The fourth-order valence-electron chi connectivity index (χ4n) is 3.74. The smallest absolute Gasteiger partial charge is 0.228 e. The molecule has 2 saturated heterocycles. The van der Waals surface area contributed by atoms with Crippen LogP contribution in [0.4, 0.5) is 0 Å². The molecule has 24 heavy (non-hydrogen) atoms. The lowest BCUT2D eigenvalue weighted by Crippen LogP contribution is -2.58. The van der Waals surface area contributed by atoms with Gasteiger partial charge in [0.25, 0.3) is 0 Å². The molecule has 2 aliphatic heterocycles. The van der Waals surface area contributed by atoms with E-state index < -0.39 is 0 Å². The molecule has 0 radical (unpaired) electrons. The Balaban J connectivity index is 1.31. The van der Waals surface area contributed by atoms with Gasteiger partial charge in [0, 0.05) is 19.0 Å². The Morgan fingerprint density at radius 3 is 2.42 bits per heavy atom. The molecule has 1 atom stereocenters. The molecule has 2 amide bonds. The van der Waals surface area contributed by atoms with Gasteiger partial charge in [0.2, 0.25) is 11.8 Å². The maximum Gasteiger partial charge on any atom is 0.228 e. The molecule has 4 rings (SSSR count). The van der Waals surface area contributed by atoms with Crippen molar-refractivity contribution in [3.8, 4) is 5.75 Å². The topological polar surface area (TPSA) is 49.9 Å². The highest BCUT2D eigenvalue weighted by Crippen LogP contribution is 2.34. The van der Waals surface area contributed by atoms with Crippen LogP contribution in [0.2, 0.25) is 0 Å². The number of likely N-dealkylation sites (tertiary alicyclic amines) is 2. The summed E-state index contributed by atoms with van der Waals surface area (Å²) >= 11 is 0. The van der Waals surface area contributed by atoms with Gasteiger partial charge in [-0.2, -0.15) is 0 Å². The van der Waals surface area contributed by atoms with Crippen LogP contribution in [-0.4, -0.2) is 53.4 Å². The average molecular weight is 328 g/mol. The number of benzene rings is 1. The van der Waals surface area contributed by atoms with E-state index in [0.29, 0.717) is 32.1 Å². The van der Waals surface area contributed by atoms with Gasteiger partial charge >= 0.3 is 0 Å². The molecule has 1 saturated carbocycles. The largest absolute Gasteiger partial charge is 0.486 e. The number of nitrogens with zero attached hydrogens (tertiary/aromatic N) is 2. The second-order valence-electron chi connectivity index (χ2n) is 7.38. The highest BCUT2D eigenvalue weighted by molar-refractivity contribution is 5.90. The van der Waals surface area contributed by atoms with Crippen LogP contribution < -0.4 is 4.74 Å². The highest BCUT2D eigenvalue weighted by Gasteiger charge is 2.45. The summed E-state index contributed by atoms with van der Waals surface area (Å²) in [4.78, 5) is 28.3. The SMILES string of the molecule is Cc1cccc(C)c1OC1CN(C(=O)[C@@H]2CC(=O)N(C3CC3)C2)C1. The molecule has 128 valence electrons. The van der Waals surface area contributed by atoms with Crippen molar-refractivity contribution in [1.29, 1.82) is 0 Å². The normalized spacial score (nSPS) is 24.2. The Bertz CT molecular complexity index is 657. The minimum Gasteiger partial charge on any atom is -0.486 e. The van der Waals surface area contributed by atoms with E-state index >= 15 is 0 Å². The molecule has 5 heteroatoms. The number of para-hydroxylation sites is 1. The van der Waals surface area contributed by atoms with Gasteiger partial charge in [-0.3, -0.25) is 9.59 Å². The fraction of sp³-hybridized carbons (Fsp3) is 0.579. The number of amides is 2. The lowest BCUT2D eigenvalue weighted by Gasteiger charge is -2.40. The summed E-state index contributed by atoms with van der Waals surface area (Å²) in [5.74, 6) is 1.05. The van der Waals surface area contributed by atoms with Crippen molar-refractivity contribution in [2.75, 3.05) is 19.6 Å². The van der Waals surface area contributed by atoms with Crippen LogP contribution in [0, 0.1) is 19.8 Å². The van der Waals surface area contributed by atoms with E-state index in [1.54, 1.807) is 0 Å². The number of hydrogen-bond donors (Lipinski definition) is 0. The fourth-order valence-corrected chi connectivity index (χ4v) is 3.74. The average Bonchev–Trinajstić information content (AvgIpc) is 3.27. The molecule has 1 aliphatic carbocycles. The van der Waals surface area contributed by atoms with Gasteiger partial charge < -0.3 is 14.5 Å². The number of hydrogen-bond acceptors (Lipinski definition) is 3. The number of carbonyl (C=O) groups excluding carboxylic acids is 2. The Morgan fingerprint density at radius 1 is 1.12 bits per heavy atom. The summed E-state index contributed by atoms with van der Waals surface area (Å²) in [6.07, 6.45) is 2.64. The van der Waals surface area contributed by atoms with Gasteiger partial charge in [0.1, 0.15) is 11.9 Å². The molecule has 0 unspecified atom stereocenters. The molecule has 1 aromatic rings. The molecule has 1 aromatic carbocycles. The first-order valence-corrected chi connectivity index (χ1v) is 8.84. The number of ether oxygens (including phenoxy) is 1. The summed E-state index contributed by atoms with van der Waals surface area (Å²) in [6, 6.07) is 6.52. The van der Waals surface area contributed by atoms with Gasteiger partial charge in [-0.25, -0.2) is 0 Å². The highest BCUT2D eigenvalue weighted by atomic mass is 16.5. The van der Waals surface area contributed by atoms with Gasteiger partial charge in [-0.15, -0.1) is 0 Å². The molecule has 5 nitrogen and oxygen atoms in total. The summed E-state index contributed by atoms with van der Waals surface area (Å²) in [6.45, 7) is 5.95. The molecule has 3 fully saturated rings. The molecule has 2 heterocycles. The van der Waals surface area contributed by atoms with Gasteiger partial charge in [0.05, 0.1) is 19.0 Å². The first kappa shape index (κ1) is 15.5. The van der Waals surface area contributed by atoms with Crippen LogP contribution in [0.1, 0.15) is 30.4 Å². The molecular weight excluding hydrogens is 304 g/mol. The van der Waals surface area contributed by atoms with Gasteiger partial charge in [-0.1, -0.05) is 18.2 Å². The van der Waals surface area contributed by atoms with E-state index in [1.165, 1.54) is 0 Å². The predicted molar refractivity (Wildman–Crippen MR) is 89.8 cm³/mol. The third-order valence-electron chi connectivity index (χ3n) is 5.35. The zero-order valence-electron chi connectivity index (χ0n) is 14.3. The van der Waals surface area contributed by atoms with Crippen LogP contribution in [0.25, 0.3) is 0 Å². The molecular formula is C19H24N2O3. The second kappa shape index (κ2) is 5.80.